The number of rotatable bonds is 5. The van der Waals surface area contributed by atoms with Crippen LogP contribution in [0.25, 0.3) is 65.8 Å². The molecule has 0 aliphatic carbocycles. The molecular formula is C46H31N3. The second kappa shape index (κ2) is 11.0. The highest BCUT2D eigenvalue weighted by Crippen LogP contribution is 2.44. The molecule has 0 N–H and O–H groups in total. The Balaban J connectivity index is 1.19. The first-order valence-corrected chi connectivity index (χ1v) is 16.8. The summed E-state index contributed by atoms with van der Waals surface area (Å²) in [5.74, 6) is 0. The number of hydrogen-bond acceptors (Lipinski definition) is 1. The fraction of sp³-hybridized carbons (Fsp3) is 0. The third-order valence-electron chi connectivity index (χ3n) is 9.87. The van der Waals surface area contributed by atoms with Crippen molar-refractivity contribution < 1.29 is 0 Å². The lowest BCUT2D eigenvalue weighted by atomic mass is 10.0. The summed E-state index contributed by atoms with van der Waals surface area (Å²) >= 11 is 0. The van der Waals surface area contributed by atoms with Crippen LogP contribution in [-0.2, 0) is 0 Å². The van der Waals surface area contributed by atoms with Gasteiger partial charge in [0, 0.05) is 44.3 Å². The molecule has 0 radical (unpaired) electrons. The van der Waals surface area contributed by atoms with Crippen LogP contribution in [0.2, 0.25) is 0 Å². The van der Waals surface area contributed by atoms with Gasteiger partial charge in [-0.2, -0.15) is 0 Å². The van der Waals surface area contributed by atoms with Crippen LogP contribution in [0, 0.1) is 0 Å². The Morgan fingerprint density at radius 1 is 0.306 bits per heavy atom. The predicted octanol–water partition coefficient (Wildman–Crippen LogP) is 12.5. The van der Waals surface area contributed by atoms with Crippen LogP contribution in [-0.4, -0.2) is 9.13 Å². The van der Waals surface area contributed by atoms with E-state index < -0.39 is 0 Å². The van der Waals surface area contributed by atoms with E-state index in [0.29, 0.717) is 0 Å². The molecule has 0 aliphatic rings. The van der Waals surface area contributed by atoms with Crippen molar-refractivity contribution in [2.75, 3.05) is 4.90 Å². The maximum Gasteiger partial charge on any atom is 0.0562 e. The first-order valence-electron chi connectivity index (χ1n) is 16.8. The normalized spacial score (nSPS) is 11.7. The van der Waals surface area contributed by atoms with E-state index in [1.807, 2.05) is 0 Å². The van der Waals surface area contributed by atoms with Crippen molar-refractivity contribution in [3.05, 3.63) is 188 Å². The van der Waals surface area contributed by atoms with Gasteiger partial charge in [0.1, 0.15) is 0 Å². The number of fused-ring (bicyclic) bond motifs is 8. The standard InChI is InChI=1S/C46H31N3/c1-3-15-33(16-4-1)47(42-24-13-25-43-46(42)39-21-10-12-23-41(39)48(43)34-17-5-2-6-18-34)35-27-29-36(30-28-35)49-40-22-11-9-20-38(40)45-37-19-8-7-14-32(37)26-31-44(45)49/h1-31H. The molecule has 0 unspecified atom stereocenters. The third-order valence-corrected chi connectivity index (χ3v) is 9.87. The van der Waals surface area contributed by atoms with E-state index in [2.05, 4.69) is 202 Å². The van der Waals surface area contributed by atoms with Crippen molar-refractivity contribution in [2.24, 2.45) is 0 Å². The molecule has 0 aliphatic heterocycles. The van der Waals surface area contributed by atoms with Crippen molar-refractivity contribution in [1.29, 1.82) is 0 Å². The number of para-hydroxylation sites is 4. The Hall–Kier alpha value is -6.58. The van der Waals surface area contributed by atoms with E-state index in [4.69, 9.17) is 0 Å². The molecule has 3 nitrogen and oxygen atoms in total. The van der Waals surface area contributed by atoms with Gasteiger partial charge in [0.2, 0.25) is 0 Å². The van der Waals surface area contributed by atoms with Crippen molar-refractivity contribution in [3.63, 3.8) is 0 Å². The summed E-state index contributed by atoms with van der Waals surface area (Å²) in [6, 6.07) is 67.8. The molecule has 0 saturated carbocycles. The Morgan fingerprint density at radius 2 is 0.816 bits per heavy atom. The van der Waals surface area contributed by atoms with E-state index in [-0.39, 0.29) is 0 Å². The molecule has 10 aromatic rings. The molecule has 230 valence electrons. The number of nitrogens with zero attached hydrogens (tertiary/aromatic N) is 3. The van der Waals surface area contributed by atoms with Gasteiger partial charge in [0.15, 0.2) is 0 Å². The van der Waals surface area contributed by atoms with E-state index in [0.717, 1.165) is 28.4 Å². The largest absolute Gasteiger partial charge is 0.310 e. The summed E-state index contributed by atoms with van der Waals surface area (Å²) in [4.78, 5) is 2.40. The monoisotopic (exact) mass is 625 g/mol. The summed E-state index contributed by atoms with van der Waals surface area (Å²) in [6.45, 7) is 0. The highest BCUT2D eigenvalue weighted by molar-refractivity contribution is 6.21. The summed E-state index contributed by atoms with van der Waals surface area (Å²) in [5.41, 5.74) is 10.4. The molecule has 49 heavy (non-hydrogen) atoms. The van der Waals surface area contributed by atoms with Gasteiger partial charge in [-0.15, -0.1) is 0 Å². The summed E-state index contributed by atoms with van der Waals surface area (Å²) < 4.78 is 4.79. The molecule has 0 atom stereocenters. The van der Waals surface area contributed by atoms with E-state index in [1.165, 1.54) is 54.4 Å². The van der Waals surface area contributed by atoms with Crippen molar-refractivity contribution in [1.82, 2.24) is 9.13 Å². The molecule has 0 amide bonds. The topological polar surface area (TPSA) is 13.1 Å². The lowest BCUT2D eigenvalue weighted by Gasteiger charge is -2.27. The Labute approximate surface area is 284 Å². The van der Waals surface area contributed by atoms with Crippen molar-refractivity contribution in [2.45, 2.75) is 0 Å². The fourth-order valence-corrected chi connectivity index (χ4v) is 7.81. The zero-order valence-corrected chi connectivity index (χ0v) is 26.7. The lowest BCUT2D eigenvalue weighted by Crippen LogP contribution is -2.10. The molecule has 2 heterocycles. The van der Waals surface area contributed by atoms with E-state index in [9.17, 15) is 0 Å². The van der Waals surface area contributed by atoms with Crippen LogP contribution in [0.4, 0.5) is 17.1 Å². The zero-order chi connectivity index (χ0) is 32.3. The van der Waals surface area contributed by atoms with Crippen LogP contribution in [0.15, 0.2) is 188 Å². The van der Waals surface area contributed by atoms with Crippen LogP contribution in [0.5, 0.6) is 0 Å². The Kier molecular flexibility index (Phi) is 6.18. The molecule has 0 fully saturated rings. The molecule has 0 bridgehead atoms. The van der Waals surface area contributed by atoms with Gasteiger partial charge in [0.05, 0.1) is 27.8 Å². The number of benzene rings is 8. The van der Waals surface area contributed by atoms with Gasteiger partial charge < -0.3 is 14.0 Å². The molecule has 10 rings (SSSR count). The SMILES string of the molecule is c1ccc(N(c2ccc(-n3c4ccccc4c4c5ccccc5ccc43)cc2)c2cccc3c2c2ccccc2n3-c2ccccc2)cc1. The number of hydrogen-bond donors (Lipinski definition) is 0. The number of anilines is 3. The number of aromatic nitrogens is 2. The average Bonchev–Trinajstić information content (AvgIpc) is 3.70. The maximum atomic E-state index is 2.40. The van der Waals surface area contributed by atoms with Crippen molar-refractivity contribution >= 4 is 71.4 Å². The van der Waals surface area contributed by atoms with Gasteiger partial charge in [-0.1, -0.05) is 109 Å². The third kappa shape index (κ3) is 4.23. The van der Waals surface area contributed by atoms with Gasteiger partial charge in [0.25, 0.3) is 0 Å². The van der Waals surface area contributed by atoms with Crippen LogP contribution in [0.1, 0.15) is 0 Å². The van der Waals surface area contributed by atoms with Gasteiger partial charge in [-0.3, -0.25) is 0 Å². The van der Waals surface area contributed by atoms with Gasteiger partial charge >= 0.3 is 0 Å². The highest BCUT2D eigenvalue weighted by Gasteiger charge is 2.21. The predicted molar refractivity (Wildman–Crippen MR) is 207 cm³/mol. The molecular weight excluding hydrogens is 595 g/mol. The van der Waals surface area contributed by atoms with Crippen molar-refractivity contribution in [3.8, 4) is 11.4 Å². The Bertz CT molecular complexity index is 2810. The molecule has 2 aromatic heterocycles. The second-order valence-electron chi connectivity index (χ2n) is 12.6. The molecule has 8 aromatic carbocycles. The van der Waals surface area contributed by atoms with Gasteiger partial charge in [-0.05, 0) is 89.6 Å². The summed E-state index contributed by atoms with van der Waals surface area (Å²) in [5, 5.41) is 7.56. The fourth-order valence-electron chi connectivity index (χ4n) is 7.81. The molecule has 3 heteroatoms. The smallest absolute Gasteiger partial charge is 0.0562 e. The molecule has 0 spiro atoms. The summed E-state index contributed by atoms with van der Waals surface area (Å²) in [7, 11) is 0. The van der Waals surface area contributed by atoms with Crippen LogP contribution >= 0.6 is 0 Å². The second-order valence-corrected chi connectivity index (χ2v) is 12.6. The van der Waals surface area contributed by atoms with Crippen LogP contribution < -0.4 is 4.90 Å². The minimum absolute atomic E-state index is 1.10. The van der Waals surface area contributed by atoms with E-state index in [1.54, 1.807) is 0 Å². The minimum Gasteiger partial charge on any atom is -0.310 e. The minimum atomic E-state index is 1.10. The first kappa shape index (κ1) is 27.5. The Morgan fingerprint density at radius 3 is 1.53 bits per heavy atom. The summed E-state index contributed by atoms with van der Waals surface area (Å²) in [6.07, 6.45) is 0. The molecule has 0 saturated heterocycles. The lowest BCUT2D eigenvalue weighted by molar-refractivity contribution is 1.17. The van der Waals surface area contributed by atoms with E-state index >= 15 is 0 Å². The highest BCUT2D eigenvalue weighted by atomic mass is 15.1. The average molecular weight is 626 g/mol. The first-order chi connectivity index (χ1) is 24.3. The quantitative estimate of drug-likeness (QED) is 0.185. The maximum absolute atomic E-state index is 2.40. The van der Waals surface area contributed by atoms with Crippen LogP contribution in [0.3, 0.4) is 0 Å². The van der Waals surface area contributed by atoms with Gasteiger partial charge in [-0.25, -0.2) is 0 Å². The zero-order valence-electron chi connectivity index (χ0n) is 26.7.